The summed E-state index contributed by atoms with van der Waals surface area (Å²) in [6.07, 6.45) is 1.80. The summed E-state index contributed by atoms with van der Waals surface area (Å²) < 4.78 is 0. The first-order chi connectivity index (χ1) is 9.81. The van der Waals surface area contributed by atoms with Crippen LogP contribution in [-0.2, 0) is 18.3 Å². The highest BCUT2D eigenvalue weighted by Crippen LogP contribution is 2.28. The molecule has 0 spiro atoms. The molecular weight excluding hydrogens is 276 g/mol. The van der Waals surface area contributed by atoms with E-state index in [1.54, 1.807) is 11.3 Å². The molecule has 0 aliphatic rings. The summed E-state index contributed by atoms with van der Waals surface area (Å²) in [5.41, 5.74) is 12.5. The summed E-state index contributed by atoms with van der Waals surface area (Å²) in [4.78, 5) is 4.69. The van der Waals surface area contributed by atoms with Crippen molar-refractivity contribution >= 4 is 11.3 Å². The zero-order valence-corrected chi connectivity index (χ0v) is 14.6. The molecule has 2 N–H and O–H groups in total. The minimum atomic E-state index is 0.198. The lowest BCUT2D eigenvalue weighted by molar-refractivity contribution is 0.589. The molecule has 0 radical (unpaired) electrons. The van der Waals surface area contributed by atoms with Gasteiger partial charge in [0, 0.05) is 18.2 Å². The molecule has 0 atom stereocenters. The first-order valence-electron chi connectivity index (χ1n) is 7.55. The van der Waals surface area contributed by atoms with Crippen LogP contribution in [0.3, 0.4) is 0 Å². The van der Waals surface area contributed by atoms with Crippen LogP contribution in [-0.4, -0.2) is 11.5 Å². The average molecular weight is 302 g/mol. The van der Waals surface area contributed by atoms with Gasteiger partial charge in [0.15, 0.2) is 0 Å². The highest BCUT2D eigenvalue weighted by Gasteiger charge is 2.17. The fraction of sp³-hybridized carbons (Fsp3) is 0.500. The SMILES string of the molecule is Cc1cc(C(C)(C)C)cc(C)c1Cc1nc(CCN)cs1. The molecular formula is C18H26N2S. The Balaban J connectivity index is 2.27. The molecule has 2 rings (SSSR count). The van der Waals surface area contributed by atoms with Crippen LogP contribution >= 0.6 is 11.3 Å². The van der Waals surface area contributed by atoms with E-state index in [1.165, 1.54) is 27.3 Å². The summed E-state index contributed by atoms with van der Waals surface area (Å²) in [5, 5.41) is 3.32. The summed E-state index contributed by atoms with van der Waals surface area (Å²) in [7, 11) is 0. The molecule has 0 amide bonds. The third kappa shape index (κ3) is 3.92. The van der Waals surface area contributed by atoms with E-state index in [9.17, 15) is 0 Å². The van der Waals surface area contributed by atoms with E-state index < -0.39 is 0 Å². The molecule has 0 saturated heterocycles. The van der Waals surface area contributed by atoms with Gasteiger partial charge in [0.1, 0.15) is 0 Å². The Morgan fingerprint density at radius 2 is 1.76 bits per heavy atom. The molecule has 0 fully saturated rings. The van der Waals surface area contributed by atoms with Gasteiger partial charge in [-0.2, -0.15) is 0 Å². The molecule has 1 aromatic carbocycles. The molecule has 114 valence electrons. The second kappa shape index (κ2) is 6.29. The van der Waals surface area contributed by atoms with Crippen molar-refractivity contribution < 1.29 is 0 Å². The molecule has 0 unspecified atom stereocenters. The fourth-order valence-corrected chi connectivity index (χ4v) is 3.39. The molecule has 0 aliphatic heterocycles. The highest BCUT2D eigenvalue weighted by atomic mass is 32.1. The number of aromatic nitrogens is 1. The van der Waals surface area contributed by atoms with Crippen LogP contribution in [0.15, 0.2) is 17.5 Å². The second-order valence-electron chi connectivity index (χ2n) is 6.79. The number of aryl methyl sites for hydroxylation is 2. The van der Waals surface area contributed by atoms with Crippen molar-refractivity contribution in [2.24, 2.45) is 5.73 Å². The Morgan fingerprint density at radius 3 is 2.29 bits per heavy atom. The summed E-state index contributed by atoms with van der Waals surface area (Å²) >= 11 is 1.74. The zero-order valence-electron chi connectivity index (χ0n) is 13.8. The molecule has 21 heavy (non-hydrogen) atoms. The number of benzene rings is 1. The fourth-order valence-electron chi connectivity index (χ4n) is 2.55. The van der Waals surface area contributed by atoms with Crippen molar-refractivity contribution in [2.45, 2.75) is 52.9 Å². The van der Waals surface area contributed by atoms with Crippen LogP contribution in [0.2, 0.25) is 0 Å². The van der Waals surface area contributed by atoms with Gasteiger partial charge in [0.05, 0.1) is 10.7 Å². The molecule has 2 aromatic rings. The van der Waals surface area contributed by atoms with Gasteiger partial charge >= 0.3 is 0 Å². The van der Waals surface area contributed by atoms with Crippen molar-refractivity contribution in [1.29, 1.82) is 0 Å². The van der Waals surface area contributed by atoms with E-state index in [-0.39, 0.29) is 5.41 Å². The first kappa shape index (κ1) is 16.2. The van der Waals surface area contributed by atoms with Gasteiger partial charge in [-0.3, -0.25) is 0 Å². The summed E-state index contributed by atoms with van der Waals surface area (Å²) in [6, 6.07) is 4.66. The van der Waals surface area contributed by atoms with E-state index >= 15 is 0 Å². The van der Waals surface area contributed by atoms with E-state index in [0.29, 0.717) is 6.54 Å². The van der Waals surface area contributed by atoms with Gasteiger partial charge in [-0.15, -0.1) is 11.3 Å². The van der Waals surface area contributed by atoms with Crippen LogP contribution in [0.5, 0.6) is 0 Å². The molecule has 3 heteroatoms. The highest BCUT2D eigenvalue weighted by molar-refractivity contribution is 7.09. The van der Waals surface area contributed by atoms with Crippen molar-refractivity contribution in [2.75, 3.05) is 6.54 Å². The van der Waals surface area contributed by atoms with Crippen molar-refractivity contribution in [3.05, 3.63) is 50.5 Å². The molecule has 0 aliphatic carbocycles. The van der Waals surface area contributed by atoms with Crippen molar-refractivity contribution in [3.63, 3.8) is 0 Å². The van der Waals surface area contributed by atoms with Gasteiger partial charge in [-0.1, -0.05) is 32.9 Å². The van der Waals surface area contributed by atoms with E-state index in [1.807, 2.05) is 0 Å². The first-order valence-corrected chi connectivity index (χ1v) is 8.43. The number of rotatable bonds is 4. The predicted molar refractivity (Wildman–Crippen MR) is 92.3 cm³/mol. The number of thiazole rings is 1. The quantitative estimate of drug-likeness (QED) is 0.921. The lowest BCUT2D eigenvalue weighted by Gasteiger charge is -2.22. The van der Waals surface area contributed by atoms with E-state index in [4.69, 9.17) is 5.73 Å². The smallest absolute Gasteiger partial charge is 0.0972 e. The van der Waals surface area contributed by atoms with Crippen LogP contribution in [0.1, 0.15) is 53.7 Å². The predicted octanol–water partition coefficient (Wildman–Crippen LogP) is 4.15. The van der Waals surface area contributed by atoms with Crippen LogP contribution in [0.4, 0.5) is 0 Å². The normalized spacial score (nSPS) is 11.9. The van der Waals surface area contributed by atoms with Gasteiger partial charge in [-0.05, 0) is 48.1 Å². The Labute approximate surface area is 132 Å². The molecule has 0 bridgehead atoms. The maximum Gasteiger partial charge on any atom is 0.0972 e. The zero-order chi connectivity index (χ0) is 15.6. The summed E-state index contributed by atoms with van der Waals surface area (Å²) in [6.45, 7) is 11.9. The number of hydrogen-bond acceptors (Lipinski definition) is 3. The molecule has 1 heterocycles. The Morgan fingerprint density at radius 1 is 1.14 bits per heavy atom. The lowest BCUT2D eigenvalue weighted by atomic mass is 9.83. The minimum Gasteiger partial charge on any atom is -0.330 e. The Kier molecular flexibility index (Phi) is 4.84. The number of hydrogen-bond donors (Lipinski definition) is 1. The topological polar surface area (TPSA) is 38.9 Å². The van der Waals surface area contributed by atoms with Gasteiger partial charge in [0.2, 0.25) is 0 Å². The van der Waals surface area contributed by atoms with Crippen molar-refractivity contribution in [1.82, 2.24) is 4.98 Å². The molecule has 1 aromatic heterocycles. The lowest BCUT2D eigenvalue weighted by Crippen LogP contribution is -2.12. The van der Waals surface area contributed by atoms with Crippen LogP contribution in [0.25, 0.3) is 0 Å². The largest absolute Gasteiger partial charge is 0.330 e. The van der Waals surface area contributed by atoms with Gasteiger partial charge < -0.3 is 5.73 Å². The standard InChI is InChI=1S/C18H26N2S/c1-12-8-14(18(3,4)5)9-13(2)16(12)10-17-20-15(6-7-19)11-21-17/h8-9,11H,6-7,10,19H2,1-5H3. The average Bonchev–Trinajstić information content (AvgIpc) is 2.80. The third-order valence-corrected chi connectivity index (χ3v) is 4.79. The van der Waals surface area contributed by atoms with E-state index in [0.717, 1.165) is 18.5 Å². The van der Waals surface area contributed by atoms with Gasteiger partial charge in [-0.25, -0.2) is 4.98 Å². The second-order valence-corrected chi connectivity index (χ2v) is 7.73. The van der Waals surface area contributed by atoms with Gasteiger partial charge in [0.25, 0.3) is 0 Å². The molecule has 0 saturated carbocycles. The Bertz CT molecular complexity index is 597. The number of nitrogens with two attached hydrogens (primary N) is 1. The number of nitrogens with zero attached hydrogens (tertiary/aromatic N) is 1. The maximum absolute atomic E-state index is 5.59. The monoisotopic (exact) mass is 302 g/mol. The minimum absolute atomic E-state index is 0.198. The van der Waals surface area contributed by atoms with Crippen LogP contribution < -0.4 is 5.73 Å². The van der Waals surface area contributed by atoms with Crippen molar-refractivity contribution in [3.8, 4) is 0 Å². The maximum atomic E-state index is 5.59. The summed E-state index contributed by atoms with van der Waals surface area (Å²) in [5.74, 6) is 0. The van der Waals surface area contributed by atoms with E-state index in [2.05, 4.69) is 57.1 Å². The van der Waals surface area contributed by atoms with Crippen LogP contribution in [0, 0.1) is 13.8 Å². The third-order valence-electron chi connectivity index (χ3n) is 3.89. The Hall–Kier alpha value is -1.19. The molecule has 2 nitrogen and oxygen atoms in total.